The van der Waals surface area contributed by atoms with E-state index in [9.17, 15) is 14.0 Å². The Kier molecular flexibility index (Phi) is 8.00. The van der Waals surface area contributed by atoms with Crippen LogP contribution in [-0.4, -0.2) is 55.6 Å². The molecule has 0 saturated carbocycles. The third-order valence-corrected chi connectivity index (χ3v) is 5.38. The first-order valence-electron chi connectivity index (χ1n) is 10.6. The van der Waals surface area contributed by atoms with Gasteiger partial charge in [0.25, 0.3) is 0 Å². The van der Waals surface area contributed by atoms with Crippen LogP contribution in [0.25, 0.3) is 0 Å². The molecule has 0 spiro atoms. The van der Waals surface area contributed by atoms with Gasteiger partial charge < -0.3 is 20.3 Å². The van der Waals surface area contributed by atoms with E-state index in [1.165, 1.54) is 17.7 Å². The Morgan fingerprint density at radius 1 is 1.06 bits per heavy atom. The maximum Gasteiger partial charge on any atom is 0.228 e. The predicted octanol–water partition coefficient (Wildman–Crippen LogP) is 3.08. The summed E-state index contributed by atoms with van der Waals surface area (Å²) >= 11 is 0. The van der Waals surface area contributed by atoms with Crippen LogP contribution in [0.1, 0.15) is 30.4 Å². The molecule has 3 rings (SSSR count). The standard InChI is InChI=1S/C24H30FN3O3/c1-17-3-9-21(10-4-17)26-16-18(2)27-24(30)22(19-5-7-20(25)8-6-19)15-23(29)28-11-13-31-14-12-28/h3-10,18,22,26H,11-16H2,1-2H3,(H,27,30)/t18-,22-/m0/s1. The lowest BCUT2D eigenvalue weighted by molar-refractivity contribution is -0.138. The van der Waals surface area contributed by atoms with Crippen molar-refractivity contribution in [2.24, 2.45) is 0 Å². The number of hydrogen-bond donors (Lipinski definition) is 2. The van der Waals surface area contributed by atoms with Crippen molar-refractivity contribution in [3.8, 4) is 0 Å². The number of carbonyl (C=O) groups is 2. The number of anilines is 1. The lowest BCUT2D eigenvalue weighted by atomic mass is 9.93. The molecule has 7 heteroatoms. The second-order valence-electron chi connectivity index (χ2n) is 7.96. The monoisotopic (exact) mass is 427 g/mol. The van der Waals surface area contributed by atoms with Crippen LogP contribution in [0.3, 0.4) is 0 Å². The highest BCUT2D eigenvalue weighted by Gasteiger charge is 2.28. The van der Waals surface area contributed by atoms with Crippen molar-refractivity contribution in [3.63, 3.8) is 0 Å². The molecule has 0 unspecified atom stereocenters. The summed E-state index contributed by atoms with van der Waals surface area (Å²) in [5, 5.41) is 6.29. The van der Waals surface area contributed by atoms with E-state index in [-0.39, 0.29) is 30.1 Å². The molecule has 31 heavy (non-hydrogen) atoms. The van der Waals surface area contributed by atoms with Crippen LogP contribution in [0.2, 0.25) is 0 Å². The minimum absolute atomic E-state index is 0.0373. The first kappa shape index (κ1) is 22.7. The predicted molar refractivity (Wildman–Crippen MR) is 118 cm³/mol. The molecule has 6 nitrogen and oxygen atoms in total. The number of nitrogens with zero attached hydrogens (tertiary/aromatic N) is 1. The Hall–Kier alpha value is -2.93. The maximum atomic E-state index is 13.4. The molecule has 2 amide bonds. The largest absolute Gasteiger partial charge is 0.383 e. The van der Waals surface area contributed by atoms with E-state index >= 15 is 0 Å². The number of morpholine rings is 1. The molecule has 2 atom stereocenters. The molecular weight excluding hydrogens is 397 g/mol. The van der Waals surface area contributed by atoms with E-state index in [2.05, 4.69) is 10.6 Å². The van der Waals surface area contributed by atoms with Gasteiger partial charge in [0.2, 0.25) is 11.8 Å². The van der Waals surface area contributed by atoms with Crippen molar-refractivity contribution in [2.45, 2.75) is 32.2 Å². The first-order valence-corrected chi connectivity index (χ1v) is 10.6. The fourth-order valence-electron chi connectivity index (χ4n) is 3.51. The molecule has 166 valence electrons. The van der Waals surface area contributed by atoms with E-state index in [0.29, 0.717) is 38.4 Å². The van der Waals surface area contributed by atoms with Crippen molar-refractivity contribution in [1.82, 2.24) is 10.2 Å². The van der Waals surface area contributed by atoms with Gasteiger partial charge in [-0.2, -0.15) is 0 Å². The molecule has 1 aliphatic rings. The van der Waals surface area contributed by atoms with Crippen molar-refractivity contribution in [1.29, 1.82) is 0 Å². The molecule has 2 aromatic rings. The number of rotatable bonds is 8. The quantitative estimate of drug-likeness (QED) is 0.679. The zero-order chi connectivity index (χ0) is 22.2. The Morgan fingerprint density at radius 3 is 2.35 bits per heavy atom. The fourth-order valence-corrected chi connectivity index (χ4v) is 3.51. The second kappa shape index (κ2) is 10.9. The molecule has 0 radical (unpaired) electrons. The van der Waals surface area contributed by atoms with Crippen LogP contribution >= 0.6 is 0 Å². The summed E-state index contributed by atoms with van der Waals surface area (Å²) < 4.78 is 18.7. The van der Waals surface area contributed by atoms with Crippen LogP contribution in [-0.2, 0) is 14.3 Å². The first-order chi connectivity index (χ1) is 14.9. The van der Waals surface area contributed by atoms with E-state index < -0.39 is 5.92 Å². The van der Waals surface area contributed by atoms with Crippen LogP contribution in [0.4, 0.5) is 10.1 Å². The van der Waals surface area contributed by atoms with Crippen molar-refractivity contribution in [2.75, 3.05) is 38.2 Å². The molecule has 1 heterocycles. The lowest BCUT2D eigenvalue weighted by Gasteiger charge is -2.29. The lowest BCUT2D eigenvalue weighted by Crippen LogP contribution is -2.44. The molecule has 1 fully saturated rings. The number of nitrogens with one attached hydrogen (secondary N) is 2. The molecule has 0 aromatic heterocycles. The highest BCUT2D eigenvalue weighted by Crippen LogP contribution is 2.22. The second-order valence-corrected chi connectivity index (χ2v) is 7.96. The van der Waals surface area contributed by atoms with Gasteiger partial charge in [-0.1, -0.05) is 29.8 Å². The van der Waals surface area contributed by atoms with Crippen LogP contribution in [0.15, 0.2) is 48.5 Å². The summed E-state index contributed by atoms with van der Waals surface area (Å²) in [6, 6.07) is 13.6. The van der Waals surface area contributed by atoms with Gasteiger partial charge in [0.1, 0.15) is 5.82 Å². The SMILES string of the molecule is Cc1ccc(NC[C@H](C)NC(=O)[C@@H](CC(=O)N2CCOCC2)c2ccc(F)cc2)cc1. The summed E-state index contributed by atoms with van der Waals surface area (Å²) in [4.78, 5) is 27.6. The molecular formula is C24H30FN3O3. The third kappa shape index (κ3) is 6.79. The normalized spacial score (nSPS) is 15.8. The third-order valence-electron chi connectivity index (χ3n) is 5.38. The number of hydrogen-bond acceptors (Lipinski definition) is 4. The van der Waals surface area contributed by atoms with E-state index in [0.717, 1.165) is 5.69 Å². The Balaban J connectivity index is 1.63. The van der Waals surface area contributed by atoms with Gasteiger partial charge in [0.05, 0.1) is 19.1 Å². The number of aryl methyl sites for hydroxylation is 1. The van der Waals surface area contributed by atoms with E-state index in [4.69, 9.17) is 4.74 Å². The number of benzene rings is 2. The minimum Gasteiger partial charge on any atom is -0.383 e. The summed E-state index contributed by atoms with van der Waals surface area (Å²) in [6.07, 6.45) is 0.0373. The maximum absolute atomic E-state index is 13.4. The van der Waals surface area contributed by atoms with Crippen LogP contribution in [0, 0.1) is 12.7 Å². The van der Waals surface area contributed by atoms with Crippen LogP contribution in [0.5, 0.6) is 0 Å². The Morgan fingerprint density at radius 2 is 1.71 bits per heavy atom. The number of halogens is 1. The molecule has 2 aromatic carbocycles. The molecule has 2 N–H and O–H groups in total. The summed E-state index contributed by atoms with van der Waals surface area (Å²) in [5.74, 6) is -1.40. The zero-order valence-electron chi connectivity index (χ0n) is 18.1. The van der Waals surface area contributed by atoms with Gasteiger partial charge >= 0.3 is 0 Å². The van der Waals surface area contributed by atoms with Gasteiger partial charge in [-0.15, -0.1) is 0 Å². The Labute approximate surface area is 182 Å². The summed E-state index contributed by atoms with van der Waals surface area (Å²) in [6.45, 7) is 6.52. The fraction of sp³-hybridized carbons (Fsp3) is 0.417. The molecule has 0 aliphatic carbocycles. The zero-order valence-corrected chi connectivity index (χ0v) is 18.1. The smallest absolute Gasteiger partial charge is 0.228 e. The van der Waals surface area contributed by atoms with Gasteiger partial charge in [0.15, 0.2) is 0 Å². The van der Waals surface area contributed by atoms with Crippen molar-refractivity contribution in [3.05, 3.63) is 65.5 Å². The van der Waals surface area contributed by atoms with Crippen molar-refractivity contribution < 1.29 is 18.7 Å². The number of amides is 2. The topological polar surface area (TPSA) is 70.7 Å². The highest BCUT2D eigenvalue weighted by molar-refractivity contribution is 5.90. The molecule has 1 saturated heterocycles. The van der Waals surface area contributed by atoms with Crippen molar-refractivity contribution >= 4 is 17.5 Å². The molecule has 1 aliphatic heterocycles. The minimum atomic E-state index is -0.683. The van der Waals surface area contributed by atoms with E-state index in [1.54, 1.807) is 17.0 Å². The summed E-state index contributed by atoms with van der Waals surface area (Å²) in [5.41, 5.74) is 2.78. The Bertz CT molecular complexity index is 865. The van der Waals surface area contributed by atoms with Gasteiger partial charge in [0, 0.05) is 37.8 Å². The number of carbonyl (C=O) groups excluding carboxylic acids is 2. The molecule has 0 bridgehead atoms. The van der Waals surface area contributed by atoms with Crippen LogP contribution < -0.4 is 10.6 Å². The summed E-state index contributed by atoms with van der Waals surface area (Å²) in [7, 11) is 0. The average molecular weight is 428 g/mol. The van der Waals surface area contributed by atoms with Gasteiger partial charge in [-0.25, -0.2) is 4.39 Å². The number of ether oxygens (including phenoxy) is 1. The van der Waals surface area contributed by atoms with Gasteiger partial charge in [-0.05, 0) is 43.7 Å². The van der Waals surface area contributed by atoms with E-state index in [1.807, 2.05) is 38.1 Å². The highest BCUT2D eigenvalue weighted by atomic mass is 19.1. The van der Waals surface area contributed by atoms with Gasteiger partial charge in [-0.3, -0.25) is 9.59 Å². The average Bonchev–Trinajstić information content (AvgIpc) is 2.78.